The van der Waals surface area contributed by atoms with Gasteiger partial charge in [-0.1, -0.05) is 38.7 Å². The Kier molecular flexibility index (Phi) is 24.3. The summed E-state index contributed by atoms with van der Waals surface area (Å²) in [5, 5.41) is 9.92. The molecule has 86 valence electrons. The molecule has 0 aliphatic carbocycles. The van der Waals surface area contributed by atoms with Gasteiger partial charge in [0.25, 0.3) is 0 Å². The van der Waals surface area contributed by atoms with Gasteiger partial charge in [0.15, 0.2) is 0 Å². The molecular formula is C11H25NO2. The highest BCUT2D eigenvalue weighted by atomic mass is 16.4. The molecule has 0 amide bonds. The van der Waals surface area contributed by atoms with Crippen molar-refractivity contribution in [3.05, 3.63) is 12.7 Å². The van der Waals surface area contributed by atoms with E-state index in [-0.39, 0.29) is 12.6 Å². The van der Waals surface area contributed by atoms with Crippen LogP contribution in [0, 0.1) is 0 Å². The van der Waals surface area contributed by atoms with Crippen LogP contribution in [-0.2, 0) is 4.79 Å². The number of quaternary nitrogens is 1. The van der Waals surface area contributed by atoms with Crippen LogP contribution in [0.3, 0.4) is 0 Å². The fraction of sp³-hybridized carbons (Fsp3) is 0.727. The normalized spacial score (nSPS) is 7.86. The highest BCUT2D eigenvalue weighted by Crippen LogP contribution is 2.03. The molecule has 0 saturated carbocycles. The number of carboxylic acids is 1. The van der Waals surface area contributed by atoms with Gasteiger partial charge in [-0.25, -0.2) is 0 Å². The van der Waals surface area contributed by atoms with Crippen LogP contribution in [0.15, 0.2) is 12.7 Å². The minimum absolute atomic E-state index is 0. The molecule has 0 aromatic rings. The molecule has 0 radical (unpaired) electrons. The summed E-state index contributed by atoms with van der Waals surface area (Å²) in [5.74, 6) is -0.920. The molecule has 0 heterocycles. The number of carbonyl (C=O) groups is 1. The van der Waals surface area contributed by atoms with Gasteiger partial charge in [0.05, 0.1) is 0 Å². The standard InChI is InChI=1S/C8H16O2.C3H6.H3N/c1-2-3-4-5-6-7-8(9)10;1-3-2;/h2-7H2,1H3,(H,9,10);3H,1H2,2H3;1H3. The first kappa shape index (κ1) is 18.9. The highest BCUT2D eigenvalue weighted by molar-refractivity contribution is 5.63. The first-order valence-corrected chi connectivity index (χ1v) is 4.95. The van der Waals surface area contributed by atoms with Crippen LogP contribution >= 0.6 is 0 Å². The molecule has 3 nitrogen and oxygen atoms in total. The van der Waals surface area contributed by atoms with Gasteiger partial charge in [0, 0.05) is 5.97 Å². The average Bonchev–Trinajstić information content (AvgIpc) is 2.05. The van der Waals surface area contributed by atoms with E-state index in [2.05, 4.69) is 13.5 Å². The molecule has 0 spiro atoms. The van der Waals surface area contributed by atoms with Gasteiger partial charge >= 0.3 is 0 Å². The van der Waals surface area contributed by atoms with Crippen molar-refractivity contribution < 1.29 is 9.90 Å². The average molecular weight is 203 g/mol. The van der Waals surface area contributed by atoms with Crippen LogP contribution in [0.2, 0.25) is 0 Å². The molecule has 0 saturated heterocycles. The zero-order valence-corrected chi connectivity index (χ0v) is 9.84. The maximum atomic E-state index is 9.92. The first-order chi connectivity index (χ1) is 6.18. The molecule has 0 aromatic heterocycles. The summed E-state index contributed by atoms with van der Waals surface area (Å²) >= 11 is 0. The molecule has 0 aromatic carbocycles. The SMILES string of the molecule is C=CC.CCCCCCCC(=O)[O-].[NH4+]. The van der Waals surface area contributed by atoms with Gasteiger partial charge in [-0.15, -0.1) is 6.58 Å². The summed E-state index contributed by atoms with van der Waals surface area (Å²) in [6, 6.07) is 0. The van der Waals surface area contributed by atoms with Crippen LogP contribution in [0.1, 0.15) is 52.4 Å². The second kappa shape index (κ2) is 18.1. The quantitative estimate of drug-likeness (QED) is 0.532. The Morgan fingerprint density at radius 2 is 1.71 bits per heavy atom. The molecular weight excluding hydrogens is 178 g/mol. The maximum Gasteiger partial charge on any atom is 0.0414 e. The lowest BCUT2D eigenvalue weighted by molar-refractivity contribution is -0.305. The van der Waals surface area contributed by atoms with Crippen LogP contribution in [0.4, 0.5) is 0 Å². The Bertz CT molecular complexity index is 124. The van der Waals surface area contributed by atoms with E-state index in [1.807, 2.05) is 6.92 Å². The Hall–Kier alpha value is -0.830. The van der Waals surface area contributed by atoms with Crippen LogP contribution in [0.25, 0.3) is 0 Å². The third kappa shape index (κ3) is 30.3. The molecule has 0 aliphatic heterocycles. The van der Waals surface area contributed by atoms with E-state index in [1.165, 1.54) is 12.8 Å². The summed E-state index contributed by atoms with van der Waals surface area (Å²) in [5.41, 5.74) is 0. The van der Waals surface area contributed by atoms with Crippen molar-refractivity contribution >= 4 is 5.97 Å². The predicted molar refractivity (Wildman–Crippen MR) is 60.2 cm³/mol. The predicted octanol–water partition coefficient (Wildman–Crippen LogP) is 2.67. The zero-order valence-electron chi connectivity index (χ0n) is 9.84. The van der Waals surface area contributed by atoms with Crippen molar-refractivity contribution in [2.45, 2.75) is 52.4 Å². The largest absolute Gasteiger partial charge is 0.550 e. The van der Waals surface area contributed by atoms with Gasteiger partial charge in [0.2, 0.25) is 0 Å². The van der Waals surface area contributed by atoms with E-state index < -0.39 is 5.97 Å². The molecule has 4 N–H and O–H groups in total. The van der Waals surface area contributed by atoms with E-state index in [9.17, 15) is 9.90 Å². The fourth-order valence-corrected chi connectivity index (χ4v) is 0.873. The molecule has 0 rings (SSSR count). The molecule has 0 fully saturated rings. The lowest BCUT2D eigenvalue weighted by Gasteiger charge is -2.00. The second-order valence-corrected chi connectivity index (χ2v) is 2.94. The summed E-state index contributed by atoms with van der Waals surface area (Å²) in [6.07, 6.45) is 7.36. The van der Waals surface area contributed by atoms with Gasteiger partial charge in [0.1, 0.15) is 0 Å². The summed E-state index contributed by atoms with van der Waals surface area (Å²) in [4.78, 5) is 9.92. The molecule has 14 heavy (non-hydrogen) atoms. The minimum Gasteiger partial charge on any atom is -0.550 e. The Labute approximate surface area is 87.8 Å². The molecule has 0 aliphatic rings. The van der Waals surface area contributed by atoms with Crippen LogP contribution in [0.5, 0.6) is 0 Å². The lowest BCUT2D eigenvalue weighted by atomic mass is 10.1. The fourth-order valence-electron chi connectivity index (χ4n) is 0.873. The summed E-state index contributed by atoms with van der Waals surface area (Å²) in [6.45, 7) is 7.39. The third-order valence-corrected chi connectivity index (χ3v) is 1.48. The third-order valence-electron chi connectivity index (χ3n) is 1.48. The molecule has 0 atom stereocenters. The molecule has 3 heteroatoms. The Balaban J connectivity index is -0.000000267. The Morgan fingerprint density at radius 1 is 1.29 bits per heavy atom. The number of hydrogen-bond acceptors (Lipinski definition) is 2. The van der Waals surface area contributed by atoms with E-state index in [0.717, 1.165) is 19.3 Å². The van der Waals surface area contributed by atoms with Gasteiger partial charge in [-0.2, -0.15) is 0 Å². The highest BCUT2D eigenvalue weighted by Gasteiger charge is 1.88. The van der Waals surface area contributed by atoms with Gasteiger partial charge in [-0.3, -0.25) is 0 Å². The number of carboxylic acid groups (broad SMARTS) is 1. The van der Waals surface area contributed by atoms with Gasteiger partial charge in [-0.05, 0) is 19.8 Å². The van der Waals surface area contributed by atoms with Crippen LogP contribution < -0.4 is 11.3 Å². The number of carbonyl (C=O) groups excluding carboxylic acids is 1. The summed E-state index contributed by atoms with van der Waals surface area (Å²) in [7, 11) is 0. The lowest BCUT2D eigenvalue weighted by Crippen LogP contribution is -2.21. The van der Waals surface area contributed by atoms with E-state index in [1.54, 1.807) is 6.08 Å². The maximum absolute atomic E-state index is 9.92. The zero-order chi connectivity index (χ0) is 10.5. The topological polar surface area (TPSA) is 76.6 Å². The Morgan fingerprint density at radius 3 is 2.07 bits per heavy atom. The van der Waals surface area contributed by atoms with Crippen molar-refractivity contribution in [3.8, 4) is 0 Å². The minimum atomic E-state index is -0.920. The van der Waals surface area contributed by atoms with E-state index in [4.69, 9.17) is 0 Å². The number of rotatable bonds is 6. The van der Waals surface area contributed by atoms with Crippen molar-refractivity contribution in [2.24, 2.45) is 0 Å². The smallest absolute Gasteiger partial charge is 0.0414 e. The van der Waals surface area contributed by atoms with Crippen LogP contribution in [-0.4, -0.2) is 5.97 Å². The number of allylic oxidation sites excluding steroid dienone is 1. The van der Waals surface area contributed by atoms with E-state index in [0.29, 0.717) is 0 Å². The number of aliphatic carboxylic acids is 1. The van der Waals surface area contributed by atoms with Crippen molar-refractivity contribution in [2.75, 3.05) is 0 Å². The van der Waals surface area contributed by atoms with Gasteiger partial charge < -0.3 is 16.1 Å². The number of unbranched alkanes of at least 4 members (excludes halogenated alkanes) is 4. The number of hydrogen-bond donors (Lipinski definition) is 1. The first-order valence-electron chi connectivity index (χ1n) is 4.95. The summed E-state index contributed by atoms with van der Waals surface area (Å²) < 4.78 is 0. The monoisotopic (exact) mass is 203 g/mol. The molecule has 0 unspecified atom stereocenters. The van der Waals surface area contributed by atoms with Crippen molar-refractivity contribution in [1.29, 1.82) is 0 Å². The van der Waals surface area contributed by atoms with Crippen molar-refractivity contribution in [3.63, 3.8) is 0 Å². The van der Waals surface area contributed by atoms with Crippen molar-refractivity contribution in [1.82, 2.24) is 6.15 Å². The van der Waals surface area contributed by atoms with E-state index >= 15 is 0 Å². The second-order valence-electron chi connectivity index (χ2n) is 2.94. The molecule has 0 bridgehead atoms.